The van der Waals surface area contributed by atoms with Gasteiger partial charge in [0.05, 0.1) is 6.26 Å². The number of carbonyl (C=O) groups is 1. The van der Waals surface area contributed by atoms with Gasteiger partial charge in [0.25, 0.3) is 0 Å². The Labute approximate surface area is 64.4 Å². The summed E-state index contributed by atoms with van der Waals surface area (Å²) >= 11 is 0. The van der Waals surface area contributed by atoms with Gasteiger partial charge in [0.15, 0.2) is 0 Å². The van der Waals surface area contributed by atoms with Crippen molar-refractivity contribution in [2.45, 2.75) is 0 Å². The van der Waals surface area contributed by atoms with Crippen LogP contribution in [-0.2, 0) is 19.5 Å². The maximum absolute atomic E-state index is 9.97. The summed E-state index contributed by atoms with van der Waals surface area (Å²) < 4.78 is 4.50. The van der Waals surface area contributed by atoms with E-state index in [1.54, 1.807) is 0 Å². The van der Waals surface area contributed by atoms with Crippen LogP contribution in [0.5, 0.6) is 0 Å². The summed E-state index contributed by atoms with van der Waals surface area (Å²) in [5.74, 6) is -1.06. The van der Waals surface area contributed by atoms with E-state index in [9.17, 15) is 4.79 Å². The van der Waals surface area contributed by atoms with E-state index in [1.807, 2.05) is 0 Å². The summed E-state index contributed by atoms with van der Waals surface area (Å²) in [5.41, 5.74) is 0. The fraction of sp³-hybridized carbons (Fsp3) is 0. The molecule has 42 valence electrons. The molecule has 0 saturated carbocycles. The molecule has 4 heteroatoms. The van der Waals surface area contributed by atoms with Crippen molar-refractivity contribution in [2.75, 3.05) is 0 Å². The first-order chi connectivity index (χ1) is 3.80. The molecule has 0 aliphatic carbocycles. The van der Waals surface area contributed by atoms with E-state index in [0.29, 0.717) is 0 Å². The first kappa shape index (κ1) is 8.37. The van der Waals surface area contributed by atoms with Crippen molar-refractivity contribution >= 4 is 5.97 Å². The van der Waals surface area contributed by atoms with Crippen LogP contribution in [-0.4, -0.2) is 11.1 Å². The first-order valence-electron chi connectivity index (χ1n) is 2.07. The van der Waals surface area contributed by atoms with Gasteiger partial charge in [-0.3, -0.25) is 0 Å². The summed E-state index contributed by atoms with van der Waals surface area (Å²) in [6.45, 7) is 0. The van der Waals surface area contributed by atoms with E-state index in [-0.39, 0.29) is 25.2 Å². The van der Waals surface area contributed by atoms with Crippen LogP contribution in [0.4, 0.5) is 0 Å². The zero-order chi connectivity index (χ0) is 5.98. The molecule has 3 nitrogen and oxygen atoms in total. The molecule has 0 saturated heterocycles. The standard InChI is InChI=1S/C5H4O3.Zn/c6-5(7)4-2-1-3-8-4;/h1-3H,(H,6,7);/q;+2. The molecule has 0 fully saturated rings. The average Bonchev–Trinajstić information content (AvgIpc) is 2.12. The second kappa shape index (κ2) is 3.41. The zero-order valence-electron chi connectivity index (χ0n) is 4.70. The molecule has 0 bridgehead atoms. The van der Waals surface area contributed by atoms with E-state index in [4.69, 9.17) is 5.11 Å². The SMILES string of the molecule is O=C(O)c1ccco1.[Zn+2]. The fourth-order valence-corrected chi connectivity index (χ4v) is 0.400. The predicted molar refractivity (Wildman–Crippen MR) is 25.7 cm³/mol. The summed E-state index contributed by atoms with van der Waals surface area (Å²) in [6, 6.07) is 2.92. The quantitative estimate of drug-likeness (QED) is 0.651. The molecule has 1 N–H and O–H groups in total. The maximum atomic E-state index is 9.97. The van der Waals surface area contributed by atoms with Crippen molar-refractivity contribution in [3.05, 3.63) is 24.2 Å². The van der Waals surface area contributed by atoms with Crippen LogP contribution in [0, 0.1) is 0 Å². The van der Waals surface area contributed by atoms with Gasteiger partial charge >= 0.3 is 25.4 Å². The first-order valence-corrected chi connectivity index (χ1v) is 2.07. The van der Waals surface area contributed by atoms with Crippen LogP contribution in [0.1, 0.15) is 10.6 Å². The van der Waals surface area contributed by atoms with Gasteiger partial charge < -0.3 is 9.52 Å². The normalized spacial score (nSPS) is 8.00. The van der Waals surface area contributed by atoms with E-state index < -0.39 is 5.97 Å². The molecule has 0 aliphatic heterocycles. The van der Waals surface area contributed by atoms with Crippen LogP contribution in [0.15, 0.2) is 22.8 Å². The molecule has 9 heavy (non-hydrogen) atoms. The number of hydrogen-bond donors (Lipinski definition) is 1. The third-order valence-corrected chi connectivity index (χ3v) is 0.732. The van der Waals surface area contributed by atoms with Crippen molar-refractivity contribution < 1.29 is 33.8 Å². The summed E-state index contributed by atoms with van der Waals surface area (Å²) in [6.07, 6.45) is 1.32. The molecule has 0 aromatic carbocycles. The smallest absolute Gasteiger partial charge is 0.475 e. The Morgan fingerprint density at radius 3 is 2.56 bits per heavy atom. The molecule has 1 aromatic heterocycles. The zero-order valence-corrected chi connectivity index (χ0v) is 7.67. The maximum Gasteiger partial charge on any atom is 2.00 e. The molecule has 0 unspecified atom stereocenters. The molecule has 0 spiro atoms. The largest absolute Gasteiger partial charge is 2.00 e. The number of aromatic carboxylic acids is 1. The Kier molecular flexibility index (Phi) is 3.17. The molecule has 1 heterocycles. The monoisotopic (exact) mass is 176 g/mol. The van der Waals surface area contributed by atoms with Gasteiger partial charge in [-0.1, -0.05) is 0 Å². The van der Waals surface area contributed by atoms with E-state index in [0.717, 1.165) is 0 Å². The molecule has 1 rings (SSSR count). The average molecular weight is 177 g/mol. The summed E-state index contributed by atoms with van der Waals surface area (Å²) in [4.78, 5) is 9.97. The molecular formula is C5H4O3Zn+2. The van der Waals surface area contributed by atoms with Crippen molar-refractivity contribution in [1.82, 2.24) is 0 Å². The van der Waals surface area contributed by atoms with Gasteiger partial charge in [0.2, 0.25) is 5.76 Å². The van der Waals surface area contributed by atoms with Gasteiger partial charge in [0.1, 0.15) is 0 Å². The van der Waals surface area contributed by atoms with Crippen LogP contribution in [0.2, 0.25) is 0 Å². The predicted octanol–water partition coefficient (Wildman–Crippen LogP) is 0.975. The second-order valence-corrected chi connectivity index (χ2v) is 1.28. The molecule has 1 aromatic rings. The molecule has 0 aliphatic rings. The third kappa shape index (κ3) is 1.98. The van der Waals surface area contributed by atoms with Crippen LogP contribution in [0.3, 0.4) is 0 Å². The number of rotatable bonds is 1. The Balaban J connectivity index is 0.000000640. The van der Waals surface area contributed by atoms with Gasteiger partial charge in [-0.25, -0.2) is 4.79 Å². The van der Waals surface area contributed by atoms with Crippen LogP contribution >= 0.6 is 0 Å². The molecule has 0 atom stereocenters. The van der Waals surface area contributed by atoms with E-state index >= 15 is 0 Å². The Hall–Kier alpha value is -0.627. The number of furan rings is 1. The van der Waals surface area contributed by atoms with Gasteiger partial charge in [0, 0.05) is 0 Å². The fourth-order valence-electron chi connectivity index (χ4n) is 0.400. The van der Waals surface area contributed by atoms with Crippen molar-refractivity contribution in [2.24, 2.45) is 0 Å². The molecule has 0 radical (unpaired) electrons. The van der Waals surface area contributed by atoms with Gasteiger partial charge in [-0.2, -0.15) is 0 Å². The van der Waals surface area contributed by atoms with E-state index in [1.165, 1.54) is 18.4 Å². The second-order valence-electron chi connectivity index (χ2n) is 1.28. The van der Waals surface area contributed by atoms with Gasteiger partial charge in [-0.05, 0) is 12.1 Å². The van der Waals surface area contributed by atoms with Crippen LogP contribution in [0.25, 0.3) is 0 Å². The Morgan fingerprint density at radius 2 is 2.33 bits per heavy atom. The van der Waals surface area contributed by atoms with Crippen LogP contribution < -0.4 is 0 Å². The Bertz CT molecular complexity index is 180. The summed E-state index contributed by atoms with van der Waals surface area (Å²) in [5, 5.41) is 8.18. The minimum atomic E-state index is -1.03. The molecule has 0 amide bonds. The van der Waals surface area contributed by atoms with Crippen molar-refractivity contribution in [3.8, 4) is 0 Å². The van der Waals surface area contributed by atoms with Crippen molar-refractivity contribution in [3.63, 3.8) is 0 Å². The topological polar surface area (TPSA) is 50.4 Å². The minimum absolute atomic E-state index is 0. The number of carboxylic acids is 1. The molecular weight excluding hydrogens is 173 g/mol. The van der Waals surface area contributed by atoms with E-state index in [2.05, 4.69) is 4.42 Å². The third-order valence-electron chi connectivity index (χ3n) is 0.732. The van der Waals surface area contributed by atoms with Crippen molar-refractivity contribution in [1.29, 1.82) is 0 Å². The minimum Gasteiger partial charge on any atom is -0.475 e. The Morgan fingerprint density at radius 1 is 1.67 bits per heavy atom. The summed E-state index contributed by atoms with van der Waals surface area (Å²) in [7, 11) is 0. The van der Waals surface area contributed by atoms with Gasteiger partial charge in [-0.15, -0.1) is 0 Å². The number of hydrogen-bond acceptors (Lipinski definition) is 2. The number of carboxylic acid groups (broad SMARTS) is 1.